The van der Waals surface area contributed by atoms with E-state index in [0.29, 0.717) is 39.6 Å². The first-order valence-electron chi connectivity index (χ1n) is 9.54. The van der Waals surface area contributed by atoms with E-state index >= 15 is 0 Å². The summed E-state index contributed by atoms with van der Waals surface area (Å²) in [4.78, 5) is 19.7. The van der Waals surface area contributed by atoms with Gasteiger partial charge in [0.25, 0.3) is 0 Å². The van der Waals surface area contributed by atoms with Crippen molar-refractivity contribution in [1.82, 2.24) is 4.98 Å². The largest absolute Gasteiger partial charge is 0.343 e. The lowest BCUT2D eigenvalue weighted by Crippen LogP contribution is -2.25. The minimum atomic E-state index is -3.43. The Labute approximate surface area is 196 Å². The molecule has 2 aromatic carbocycles. The Morgan fingerprint density at radius 3 is 2.32 bits per heavy atom. The van der Waals surface area contributed by atoms with E-state index in [0.717, 1.165) is 17.4 Å². The molecule has 0 bridgehead atoms. The maximum atomic E-state index is 12.5. The molecule has 3 rings (SSSR count). The fourth-order valence-electron chi connectivity index (χ4n) is 3.15. The van der Waals surface area contributed by atoms with Gasteiger partial charge in [-0.3, -0.25) is 4.79 Å². The topological polar surface area (TPSA) is 67.3 Å². The van der Waals surface area contributed by atoms with Crippen LogP contribution in [0.3, 0.4) is 0 Å². The number of ketones is 1. The highest BCUT2D eigenvalue weighted by Gasteiger charge is 2.22. The summed E-state index contributed by atoms with van der Waals surface area (Å²) in [6.45, 7) is 2.93. The van der Waals surface area contributed by atoms with Gasteiger partial charge in [-0.1, -0.05) is 59.6 Å². The van der Waals surface area contributed by atoms with E-state index in [1.807, 2.05) is 30.3 Å². The van der Waals surface area contributed by atoms with Crippen molar-refractivity contribution < 1.29 is 13.2 Å². The summed E-state index contributed by atoms with van der Waals surface area (Å²) in [7, 11) is -3.43. The average molecular weight is 497 g/mol. The highest BCUT2D eigenvalue weighted by molar-refractivity contribution is 7.91. The van der Waals surface area contributed by atoms with Crippen molar-refractivity contribution in [2.75, 3.05) is 23.5 Å². The van der Waals surface area contributed by atoms with Crippen LogP contribution in [0.2, 0.25) is 10.0 Å². The molecular weight excluding hydrogens is 475 g/mol. The fourth-order valence-corrected chi connectivity index (χ4v) is 5.30. The number of benzene rings is 2. The first-order valence-corrected chi connectivity index (χ1v) is 13.2. The normalized spacial score (nSPS) is 11.5. The maximum absolute atomic E-state index is 12.5. The zero-order chi connectivity index (χ0) is 22.6. The molecule has 0 fully saturated rings. The zero-order valence-electron chi connectivity index (χ0n) is 17.1. The van der Waals surface area contributed by atoms with Crippen LogP contribution in [0.15, 0.2) is 48.5 Å². The maximum Gasteiger partial charge on any atom is 0.197 e. The van der Waals surface area contributed by atoms with Crippen LogP contribution in [0.1, 0.15) is 26.5 Å². The van der Waals surface area contributed by atoms with Gasteiger partial charge in [0.15, 0.2) is 20.8 Å². The molecule has 0 aliphatic heterocycles. The monoisotopic (exact) mass is 496 g/mol. The molecule has 1 heterocycles. The Bertz CT molecular complexity index is 1160. The number of halogens is 2. The Morgan fingerprint density at radius 1 is 1.06 bits per heavy atom. The van der Waals surface area contributed by atoms with Gasteiger partial charge in [-0.25, -0.2) is 13.4 Å². The number of carbonyl (C=O) groups excluding carboxylic acids is 1. The molecule has 5 nitrogen and oxygen atoms in total. The van der Waals surface area contributed by atoms with E-state index in [4.69, 9.17) is 23.2 Å². The van der Waals surface area contributed by atoms with Crippen LogP contribution < -0.4 is 4.90 Å². The lowest BCUT2D eigenvalue weighted by molar-refractivity contribution is 0.101. The lowest BCUT2D eigenvalue weighted by Gasteiger charge is -2.22. The van der Waals surface area contributed by atoms with E-state index in [1.165, 1.54) is 11.3 Å². The molecule has 0 radical (unpaired) electrons. The van der Waals surface area contributed by atoms with E-state index in [9.17, 15) is 13.2 Å². The second-order valence-electron chi connectivity index (χ2n) is 7.25. The third-order valence-electron chi connectivity index (χ3n) is 4.62. The van der Waals surface area contributed by atoms with Crippen molar-refractivity contribution in [2.45, 2.75) is 19.9 Å². The van der Waals surface area contributed by atoms with Crippen molar-refractivity contribution in [3.8, 4) is 0 Å². The number of aryl methyl sites for hydroxylation is 1. The minimum absolute atomic E-state index is 0.208. The van der Waals surface area contributed by atoms with Gasteiger partial charge in [-0.05, 0) is 36.6 Å². The molecule has 0 N–H and O–H groups in total. The number of rotatable bonds is 9. The van der Waals surface area contributed by atoms with Crippen LogP contribution in [-0.4, -0.2) is 37.7 Å². The van der Waals surface area contributed by atoms with Crippen molar-refractivity contribution in [2.24, 2.45) is 0 Å². The van der Waals surface area contributed by atoms with Crippen LogP contribution in [0.4, 0.5) is 5.13 Å². The van der Waals surface area contributed by atoms with Gasteiger partial charge >= 0.3 is 0 Å². The highest BCUT2D eigenvalue weighted by Crippen LogP contribution is 2.30. The van der Waals surface area contributed by atoms with Gasteiger partial charge in [0, 0.05) is 34.3 Å². The van der Waals surface area contributed by atoms with E-state index in [-0.39, 0.29) is 5.69 Å². The van der Waals surface area contributed by atoms with Crippen molar-refractivity contribution >= 4 is 55.3 Å². The van der Waals surface area contributed by atoms with E-state index < -0.39 is 21.4 Å². The summed E-state index contributed by atoms with van der Waals surface area (Å²) in [6, 6.07) is 15.3. The fraction of sp³-hybridized carbons (Fsp3) is 0.273. The molecule has 0 amide bonds. The number of aromatic nitrogens is 1. The van der Waals surface area contributed by atoms with Gasteiger partial charge < -0.3 is 4.90 Å². The van der Waals surface area contributed by atoms with Crippen LogP contribution in [0, 0.1) is 6.92 Å². The number of Topliss-reactive ketones (excluding diaryl/α,β-unsaturated/α-hetero) is 1. The van der Waals surface area contributed by atoms with Crippen molar-refractivity contribution in [1.29, 1.82) is 0 Å². The van der Waals surface area contributed by atoms with Gasteiger partial charge in [0.2, 0.25) is 0 Å². The second-order valence-corrected chi connectivity index (χ2v) is 11.4. The predicted octanol–water partition coefficient (Wildman–Crippen LogP) is 5.23. The third-order valence-corrected chi connectivity index (χ3v) is 7.15. The molecule has 0 atom stereocenters. The smallest absolute Gasteiger partial charge is 0.197 e. The quantitative estimate of drug-likeness (QED) is 0.379. The average Bonchev–Trinajstić information content (AvgIpc) is 3.08. The summed E-state index contributed by atoms with van der Waals surface area (Å²) in [5, 5.41) is 1.86. The molecule has 0 aliphatic carbocycles. The number of hydrogen-bond donors (Lipinski definition) is 0. The van der Waals surface area contributed by atoms with Gasteiger partial charge in [0.1, 0.15) is 11.4 Å². The predicted molar refractivity (Wildman–Crippen MR) is 129 cm³/mol. The zero-order valence-corrected chi connectivity index (χ0v) is 20.3. The minimum Gasteiger partial charge on any atom is -0.343 e. The van der Waals surface area contributed by atoms with Crippen molar-refractivity contribution in [3.63, 3.8) is 0 Å². The Hall–Kier alpha value is -1.93. The van der Waals surface area contributed by atoms with E-state index in [1.54, 1.807) is 25.1 Å². The SMILES string of the molecule is Cc1sc(N(CCc2c(Cl)cccc2Cl)Cc2ccccc2)nc1C(=O)CS(C)(=O)=O. The molecule has 164 valence electrons. The lowest BCUT2D eigenvalue weighted by atomic mass is 10.1. The molecule has 0 spiro atoms. The molecular formula is C22H22Cl2N2O3S2. The van der Waals surface area contributed by atoms with Crippen LogP contribution in [0.5, 0.6) is 0 Å². The Kier molecular flexibility index (Phi) is 7.75. The van der Waals surface area contributed by atoms with Gasteiger partial charge in [0.05, 0.1) is 0 Å². The number of thiazole rings is 1. The molecule has 31 heavy (non-hydrogen) atoms. The molecule has 0 saturated carbocycles. The number of carbonyl (C=O) groups is 1. The first kappa shape index (κ1) is 23.7. The summed E-state index contributed by atoms with van der Waals surface area (Å²) >= 11 is 14.0. The summed E-state index contributed by atoms with van der Waals surface area (Å²) in [5.41, 5.74) is 2.15. The standard InChI is InChI=1S/C22H22Cl2N2O3S2/c1-15-21(20(27)14-31(2,28)29)25-22(30-15)26(13-16-7-4-3-5-8-16)12-11-17-18(23)9-6-10-19(17)24/h3-10H,11-14H2,1-2H3. The van der Waals surface area contributed by atoms with Gasteiger partial charge in [-0.15, -0.1) is 11.3 Å². The molecule has 9 heteroatoms. The first-order chi connectivity index (χ1) is 14.6. The molecule has 1 aromatic heterocycles. The number of nitrogens with zero attached hydrogens (tertiary/aromatic N) is 2. The molecule has 3 aromatic rings. The summed E-state index contributed by atoms with van der Waals surface area (Å²) in [5.74, 6) is -1.04. The van der Waals surface area contributed by atoms with Crippen molar-refractivity contribution in [3.05, 3.63) is 80.3 Å². The van der Waals surface area contributed by atoms with Crippen LogP contribution in [-0.2, 0) is 22.8 Å². The molecule has 0 aliphatic rings. The van der Waals surface area contributed by atoms with E-state index in [2.05, 4.69) is 9.88 Å². The van der Waals surface area contributed by atoms with Crippen LogP contribution >= 0.6 is 34.5 Å². The van der Waals surface area contributed by atoms with Gasteiger partial charge in [-0.2, -0.15) is 0 Å². The summed E-state index contributed by atoms with van der Waals surface area (Å²) < 4.78 is 23.1. The van der Waals surface area contributed by atoms with Crippen LogP contribution in [0.25, 0.3) is 0 Å². The Morgan fingerprint density at radius 2 is 1.71 bits per heavy atom. The number of hydrogen-bond acceptors (Lipinski definition) is 6. The molecule has 0 saturated heterocycles. The number of sulfone groups is 1. The summed E-state index contributed by atoms with van der Waals surface area (Å²) in [6.07, 6.45) is 1.64. The third kappa shape index (κ3) is 6.53. The number of anilines is 1. The highest BCUT2D eigenvalue weighted by atomic mass is 35.5. The Balaban J connectivity index is 1.89. The second kappa shape index (κ2) is 10.1. The molecule has 0 unspecified atom stereocenters.